The van der Waals surface area contributed by atoms with E-state index >= 15 is 0 Å². The van der Waals surface area contributed by atoms with Crippen molar-refractivity contribution in [3.8, 4) is 0 Å². The molecule has 0 aromatic heterocycles. The van der Waals surface area contributed by atoms with Crippen LogP contribution in [0.15, 0.2) is 96.1 Å². The molecule has 150 valence electrons. The Morgan fingerprint density at radius 1 is 0.933 bits per heavy atom. The molecular formula is C24H21N3O3. The third kappa shape index (κ3) is 5.97. The van der Waals surface area contributed by atoms with E-state index < -0.39 is 4.92 Å². The van der Waals surface area contributed by atoms with Crippen LogP contribution in [0, 0.1) is 10.1 Å². The van der Waals surface area contributed by atoms with Gasteiger partial charge in [-0.15, -0.1) is 0 Å². The van der Waals surface area contributed by atoms with Crippen molar-refractivity contribution in [3.05, 3.63) is 118 Å². The third-order valence-corrected chi connectivity index (χ3v) is 4.41. The minimum absolute atomic E-state index is 0.00746. The zero-order valence-electron chi connectivity index (χ0n) is 16.3. The summed E-state index contributed by atoms with van der Waals surface area (Å²) >= 11 is 0. The number of benzene rings is 3. The van der Waals surface area contributed by atoms with Crippen LogP contribution < -0.4 is 5.43 Å². The number of nitrogens with zero attached hydrogens (tertiary/aromatic N) is 2. The minimum atomic E-state index is -0.426. The van der Waals surface area contributed by atoms with Gasteiger partial charge in [-0.05, 0) is 30.2 Å². The molecule has 0 aliphatic rings. The molecule has 3 aromatic rings. The number of nitro groups is 1. The number of amides is 1. The number of carbonyl (C=O) groups is 1. The summed E-state index contributed by atoms with van der Waals surface area (Å²) in [5, 5.41) is 15.5. The zero-order valence-corrected chi connectivity index (χ0v) is 16.3. The molecule has 0 bridgehead atoms. The molecule has 0 unspecified atom stereocenters. The average Bonchev–Trinajstić information content (AvgIpc) is 2.79. The molecule has 3 rings (SSSR count). The van der Waals surface area contributed by atoms with Crippen molar-refractivity contribution >= 4 is 23.4 Å². The highest BCUT2D eigenvalue weighted by atomic mass is 16.6. The molecule has 30 heavy (non-hydrogen) atoms. The van der Waals surface area contributed by atoms with Crippen LogP contribution in [0.5, 0.6) is 0 Å². The zero-order chi connectivity index (χ0) is 21.2. The Hall–Kier alpha value is -4.06. The quantitative estimate of drug-likeness (QED) is 0.337. The maximum atomic E-state index is 12.2. The second-order valence-corrected chi connectivity index (χ2v) is 6.53. The number of allylic oxidation sites excluding steroid dienone is 1. The summed E-state index contributed by atoms with van der Waals surface area (Å²) in [6.07, 6.45) is 4.22. The van der Waals surface area contributed by atoms with Crippen molar-refractivity contribution in [1.29, 1.82) is 0 Å². The van der Waals surface area contributed by atoms with E-state index in [9.17, 15) is 14.9 Å². The van der Waals surface area contributed by atoms with Gasteiger partial charge in [0.1, 0.15) is 0 Å². The Morgan fingerprint density at radius 2 is 1.57 bits per heavy atom. The summed E-state index contributed by atoms with van der Waals surface area (Å²) in [7, 11) is 0. The molecule has 0 saturated carbocycles. The summed E-state index contributed by atoms with van der Waals surface area (Å²) < 4.78 is 0. The van der Waals surface area contributed by atoms with Crippen LogP contribution in [0.3, 0.4) is 0 Å². The van der Waals surface area contributed by atoms with E-state index in [2.05, 4.69) is 10.5 Å². The van der Waals surface area contributed by atoms with Crippen molar-refractivity contribution in [3.63, 3.8) is 0 Å². The molecule has 0 aliphatic carbocycles. The lowest BCUT2D eigenvalue weighted by molar-refractivity contribution is -0.385. The molecule has 0 aliphatic heterocycles. The lowest BCUT2D eigenvalue weighted by atomic mass is 10.1. The van der Waals surface area contributed by atoms with Crippen LogP contribution >= 0.6 is 0 Å². The molecule has 0 atom stereocenters. The first-order valence-electron chi connectivity index (χ1n) is 9.51. The summed E-state index contributed by atoms with van der Waals surface area (Å²) in [5.41, 5.74) is 5.43. The van der Waals surface area contributed by atoms with Gasteiger partial charge in [0.2, 0.25) is 5.91 Å². The first-order chi connectivity index (χ1) is 14.6. The van der Waals surface area contributed by atoms with Crippen molar-refractivity contribution in [2.75, 3.05) is 0 Å². The van der Waals surface area contributed by atoms with Crippen LogP contribution in [0.2, 0.25) is 0 Å². The largest absolute Gasteiger partial charge is 0.276 e. The molecule has 1 amide bonds. The Morgan fingerprint density at radius 3 is 2.27 bits per heavy atom. The van der Waals surface area contributed by atoms with Gasteiger partial charge in [-0.1, -0.05) is 72.8 Å². The van der Waals surface area contributed by atoms with Gasteiger partial charge in [0.05, 0.1) is 16.2 Å². The fourth-order valence-electron chi connectivity index (χ4n) is 2.85. The Kier molecular flexibility index (Phi) is 7.22. The Balaban J connectivity index is 1.76. The monoisotopic (exact) mass is 399 g/mol. The molecule has 0 spiro atoms. The maximum Gasteiger partial charge on any atom is 0.276 e. The van der Waals surface area contributed by atoms with E-state index in [1.54, 1.807) is 30.4 Å². The summed E-state index contributed by atoms with van der Waals surface area (Å²) in [5.74, 6) is -0.202. The number of hydrogen-bond donors (Lipinski definition) is 1. The Labute approximate surface area is 174 Å². The number of nitrogens with one attached hydrogen (secondary N) is 1. The first kappa shape index (κ1) is 20.7. The first-order valence-corrected chi connectivity index (χ1v) is 9.51. The van der Waals surface area contributed by atoms with Gasteiger partial charge in [-0.3, -0.25) is 14.9 Å². The predicted octanol–water partition coefficient (Wildman–Crippen LogP) is 4.76. The van der Waals surface area contributed by atoms with Crippen molar-refractivity contribution in [2.24, 2.45) is 5.10 Å². The van der Waals surface area contributed by atoms with Crippen LogP contribution in [0.25, 0.3) is 6.08 Å². The molecule has 0 radical (unpaired) electrons. The maximum absolute atomic E-state index is 12.2. The second-order valence-electron chi connectivity index (χ2n) is 6.53. The van der Waals surface area contributed by atoms with Crippen molar-refractivity contribution in [2.45, 2.75) is 12.8 Å². The average molecular weight is 399 g/mol. The molecule has 0 heterocycles. The summed E-state index contributed by atoms with van der Waals surface area (Å²) in [4.78, 5) is 23.0. The number of aryl methyl sites for hydroxylation is 1. The molecule has 6 nitrogen and oxygen atoms in total. The molecule has 1 N–H and O–H groups in total. The smallest absolute Gasteiger partial charge is 0.273 e. The number of hydrogen-bond acceptors (Lipinski definition) is 4. The number of carbonyl (C=O) groups excluding carboxylic acids is 1. The molecule has 6 heteroatoms. The highest BCUT2D eigenvalue weighted by Crippen LogP contribution is 2.19. The highest BCUT2D eigenvalue weighted by molar-refractivity contribution is 6.11. The number of nitro benzene ring substituents is 1. The van der Waals surface area contributed by atoms with Gasteiger partial charge in [0.25, 0.3) is 5.69 Å². The van der Waals surface area contributed by atoms with E-state index in [0.29, 0.717) is 24.1 Å². The fraction of sp³-hybridized carbons (Fsp3) is 0.0833. The standard InChI is InChI=1S/C24H21N3O3/c28-24(18-15-19-9-3-1-4-10-19)26-25-22(20-11-5-2-6-12-20)17-16-21-13-7-8-14-23(21)27(29)30/h1-14,16-17H,15,18H2,(H,26,28)/b17-16-,25-22?. The number of rotatable bonds is 8. The number of para-hydroxylation sites is 1. The summed E-state index contributed by atoms with van der Waals surface area (Å²) in [6, 6.07) is 25.5. The van der Waals surface area contributed by atoms with Crippen LogP contribution in [-0.2, 0) is 11.2 Å². The van der Waals surface area contributed by atoms with Gasteiger partial charge in [0.15, 0.2) is 0 Å². The topological polar surface area (TPSA) is 84.6 Å². The van der Waals surface area contributed by atoms with Crippen molar-refractivity contribution in [1.82, 2.24) is 5.43 Å². The van der Waals surface area contributed by atoms with E-state index in [4.69, 9.17) is 0 Å². The van der Waals surface area contributed by atoms with Crippen LogP contribution in [0.4, 0.5) is 5.69 Å². The SMILES string of the molecule is O=C(CCc1ccccc1)NN=C(/C=C\c1ccccc1[N+](=O)[O-])c1ccccc1. The van der Waals surface area contributed by atoms with Crippen LogP contribution in [0.1, 0.15) is 23.1 Å². The number of hydrazone groups is 1. The molecule has 0 fully saturated rings. The molecule has 0 saturated heterocycles. The van der Waals surface area contributed by atoms with E-state index in [1.165, 1.54) is 6.07 Å². The second kappa shape index (κ2) is 10.5. The van der Waals surface area contributed by atoms with Gasteiger partial charge in [0, 0.05) is 18.1 Å². The lowest BCUT2D eigenvalue weighted by Crippen LogP contribution is -2.19. The van der Waals surface area contributed by atoms with E-state index in [0.717, 1.165) is 11.1 Å². The van der Waals surface area contributed by atoms with E-state index in [1.807, 2.05) is 60.7 Å². The normalized spacial score (nSPS) is 11.4. The molecular weight excluding hydrogens is 378 g/mol. The lowest BCUT2D eigenvalue weighted by Gasteiger charge is -2.05. The van der Waals surface area contributed by atoms with Gasteiger partial charge < -0.3 is 0 Å². The third-order valence-electron chi connectivity index (χ3n) is 4.41. The minimum Gasteiger partial charge on any atom is -0.273 e. The van der Waals surface area contributed by atoms with Gasteiger partial charge >= 0.3 is 0 Å². The van der Waals surface area contributed by atoms with Crippen molar-refractivity contribution < 1.29 is 9.72 Å². The van der Waals surface area contributed by atoms with Gasteiger partial charge in [-0.25, -0.2) is 5.43 Å². The summed E-state index contributed by atoms with van der Waals surface area (Å²) in [6.45, 7) is 0. The fourth-order valence-corrected chi connectivity index (χ4v) is 2.85. The molecule has 3 aromatic carbocycles. The van der Waals surface area contributed by atoms with Crippen LogP contribution in [-0.4, -0.2) is 16.5 Å². The highest BCUT2D eigenvalue weighted by Gasteiger charge is 2.10. The Bertz CT molecular complexity index is 1060. The van der Waals surface area contributed by atoms with E-state index in [-0.39, 0.29) is 11.6 Å². The predicted molar refractivity (Wildman–Crippen MR) is 118 cm³/mol. The van der Waals surface area contributed by atoms with Gasteiger partial charge in [-0.2, -0.15) is 5.10 Å².